The van der Waals surface area contributed by atoms with Gasteiger partial charge in [0.05, 0.1) is 17.3 Å². The number of anilines is 1. The van der Waals surface area contributed by atoms with Crippen LogP contribution in [0.25, 0.3) is 22.2 Å². The molecule has 0 bridgehead atoms. The Balaban J connectivity index is 1.91. The van der Waals surface area contributed by atoms with Gasteiger partial charge in [0, 0.05) is 54.9 Å². The summed E-state index contributed by atoms with van der Waals surface area (Å²) in [5.74, 6) is 1.33. The summed E-state index contributed by atoms with van der Waals surface area (Å²) in [5.41, 5.74) is 3.55. The minimum absolute atomic E-state index is 0.0000772. The largest absolute Gasteiger partial charge is 0.379 e. The molecule has 1 fully saturated rings. The Morgan fingerprint density at radius 3 is 2.73 bits per heavy atom. The number of pyridine rings is 2. The summed E-state index contributed by atoms with van der Waals surface area (Å²) < 4.78 is 5.62. The summed E-state index contributed by atoms with van der Waals surface area (Å²) in [6.07, 6.45) is 0.188. The number of fused-ring (bicyclic) bond motifs is 1. The van der Waals surface area contributed by atoms with E-state index in [9.17, 15) is 4.79 Å². The normalized spacial score (nSPS) is 20.0. The number of aryl methyl sites for hydroxylation is 1. The molecular weight excluding hydrogens is 326 g/mol. The standard InChI is InChI=1S/C21H23N3O2/c1-13-11-24(12-20(13)26-3)21-17(19-10-16(25)8-14(2)22-19)9-15-6-4-5-7-18(15)23-21/h4-10,13,20H,11-12H2,1-3H3,(H,22,25)/t13-,20-/m1/s1. The molecule has 1 aliphatic rings. The van der Waals surface area contributed by atoms with Crippen LogP contribution in [-0.2, 0) is 4.74 Å². The fourth-order valence-electron chi connectivity index (χ4n) is 3.79. The molecule has 4 rings (SSSR count). The topological polar surface area (TPSA) is 58.2 Å². The van der Waals surface area contributed by atoms with Gasteiger partial charge in [0.25, 0.3) is 0 Å². The number of hydrogen-bond donors (Lipinski definition) is 1. The summed E-state index contributed by atoms with van der Waals surface area (Å²) in [5, 5.41) is 1.06. The van der Waals surface area contributed by atoms with Gasteiger partial charge in [-0.05, 0) is 19.1 Å². The summed E-state index contributed by atoms with van der Waals surface area (Å²) in [6, 6.07) is 13.4. The van der Waals surface area contributed by atoms with E-state index in [0.717, 1.165) is 46.8 Å². The van der Waals surface area contributed by atoms with Crippen LogP contribution in [0.2, 0.25) is 0 Å². The highest BCUT2D eigenvalue weighted by Crippen LogP contribution is 2.34. The lowest BCUT2D eigenvalue weighted by Gasteiger charge is -2.21. The van der Waals surface area contributed by atoms with Crippen LogP contribution >= 0.6 is 0 Å². The van der Waals surface area contributed by atoms with Gasteiger partial charge in [-0.15, -0.1) is 0 Å². The van der Waals surface area contributed by atoms with E-state index in [1.807, 2.05) is 31.2 Å². The molecule has 0 radical (unpaired) electrons. The molecule has 0 aliphatic carbocycles. The maximum absolute atomic E-state index is 12.1. The number of H-pyrrole nitrogens is 1. The van der Waals surface area contributed by atoms with Crippen LogP contribution in [0, 0.1) is 12.8 Å². The number of methoxy groups -OCH3 is 1. The molecule has 2 aromatic heterocycles. The summed E-state index contributed by atoms with van der Waals surface area (Å²) in [4.78, 5) is 22.6. The quantitative estimate of drug-likeness (QED) is 0.788. The molecule has 134 valence electrons. The molecule has 2 atom stereocenters. The van der Waals surface area contributed by atoms with Crippen molar-refractivity contribution >= 4 is 16.7 Å². The van der Waals surface area contributed by atoms with Crippen molar-refractivity contribution in [1.82, 2.24) is 9.97 Å². The van der Waals surface area contributed by atoms with Gasteiger partial charge in [-0.1, -0.05) is 25.1 Å². The highest BCUT2D eigenvalue weighted by molar-refractivity contribution is 5.89. The lowest BCUT2D eigenvalue weighted by molar-refractivity contribution is 0.0899. The number of nitrogens with zero attached hydrogens (tertiary/aromatic N) is 2. The third kappa shape index (κ3) is 2.99. The van der Waals surface area contributed by atoms with E-state index in [1.54, 1.807) is 19.2 Å². The van der Waals surface area contributed by atoms with Crippen molar-refractivity contribution in [3.63, 3.8) is 0 Å². The van der Waals surface area contributed by atoms with Crippen molar-refractivity contribution in [3.8, 4) is 11.3 Å². The number of benzene rings is 1. The van der Waals surface area contributed by atoms with Crippen molar-refractivity contribution in [1.29, 1.82) is 0 Å². The number of aromatic amines is 1. The van der Waals surface area contributed by atoms with Crippen molar-refractivity contribution < 1.29 is 4.74 Å². The van der Waals surface area contributed by atoms with E-state index in [0.29, 0.717) is 5.92 Å². The molecule has 26 heavy (non-hydrogen) atoms. The van der Waals surface area contributed by atoms with E-state index in [1.165, 1.54) is 0 Å². The van der Waals surface area contributed by atoms with Gasteiger partial charge in [-0.3, -0.25) is 4.79 Å². The van der Waals surface area contributed by atoms with Gasteiger partial charge < -0.3 is 14.6 Å². The molecule has 0 amide bonds. The summed E-state index contributed by atoms with van der Waals surface area (Å²) >= 11 is 0. The second-order valence-electron chi connectivity index (χ2n) is 7.12. The summed E-state index contributed by atoms with van der Waals surface area (Å²) in [7, 11) is 1.76. The van der Waals surface area contributed by atoms with Gasteiger partial charge >= 0.3 is 0 Å². The summed E-state index contributed by atoms with van der Waals surface area (Å²) in [6.45, 7) is 5.78. The molecule has 1 N–H and O–H groups in total. The molecule has 3 aromatic rings. The zero-order valence-corrected chi connectivity index (χ0v) is 15.3. The Morgan fingerprint density at radius 2 is 2.00 bits per heavy atom. The van der Waals surface area contributed by atoms with Crippen molar-refractivity contribution in [2.75, 3.05) is 25.1 Å². The molecule has 1 saturated heterocycles. The van der Waals surface area contributed by atoms with Gasteiger partial charge in [0.2, 0.25) is 0 Å². The van der Waals surface area contributed by atoms with Gasteiger partial charge in [-0.2, -0.15) is 0 Å². The molecule has 0 unspecified atom stereocenters. The molecule has 1 aliphatic heterocycles. The van der Waals surface area contributed by atoms with Crippen LogP contribution in [-0.4, -0.2) is 36.3 Å². The number of nitrogens with one attached hydrogen (secondary N) is 1. The Kier molecular flexibility index (Phi) is 4.24. The lowest BCUT2D eigenvalue weighted by atomic mass is 10.1. The first-order chi connectivity index (χ1) is 12.5. The molecule has 3 heterocycles. The zero-order chi connectivity index (χ0) is 18.3. The second kappa shape index (κ2) is 6.57. The van der Waals surface area contributed by atoms with E-state index in [2.05, 4.69) is 22.9 Å². The predicted molar refractivity (Wildman–Crippen MR) is 105 cm³/mol. The third-order valence-corrected chi connectivity index (χ3v) is 5.12. The lowest BCUT2D eigenvalue weighted by Crippen LogP contribution is -2.24. The predicted octanol–water partition coefficient (Wildman–Crippen LogP) is 3.37. The average molecular weight is 349 g/mol. The van der Waals surface area contributed by atoms with Gasteiger partial charge in [0.15, 0.2) is 5.43 Å². The van der Waals surface area contributed by atoms with Crippen LogP contribution in [0.1, 0.15) is 12.6 Å². The first-order valence-electron chi connectivity index (χ1n) is 8.94. The fourth-order valence-corrected chi connectivity index (χ4v) is 3.79. The minimum Gasteiger partial charge on any atom is -0.379 e. The number of ether oxygens (including phenoxy) is 1. The first-order valence-corrected chi connectivity index (χ1v) is 8.94. The van der Waals surface area contributed by atoms with Gasteiger partial charge in [-0.25, -0.2) is 4.98 Å². The monoisotopic (exact) mass is 349 g/mol. The Bertz CT molecular complexity index is 1010. The molecule has 1 aromatic carbocycles. The van der Waals surface area contributed by atoms with Crippen molar-refractivity contribution in [2.45, 2.75) is 20.0 Å². The minimum atomic E-state index is -0.0000772. The molecule has 5 heteroatoms. The van der Waals surface area contributed by atoms with Crippen molar-refractivity contribution in [2.24, 2.45) is 5.92 Å². The highest BCUT2D eigenvalue weighted by Gasteiger charge is 2.32. The fraction of sp³-hybridized carbons (Fsp3) is 0.333. The van der Waals surface area contributed by atoms with E-state index in [-0.39, 0.29) is 11.5 Å². The third-order valence-electron chi connectivity index (χ3n) is 5.12. The number of hydrogen-bond acceptors (Lipinski definition) is 4. The molecule has 0 spiro atoms. The molecule has 0 saturated carbocycles. The number of rotatable bonds is 3. The smallest absolute Gasteiger partial charge is 0.182 e. The van der Waals surface area contributed by atoms with Crippen LogP contribution in [0.3, 0.4) is 0 Å². The number of aromatic nitrogens is 2. The number of para-hydroxylation sites is 1. The highest BCUT2D eigenvalue weighted by atomic mass is 16.5. The first kappa shape index (κ1) is 16.8. The van der Waals surface area contributed by atoms with Crippen LogP contribution in [0.4, 0.5) is 5.82 Å². The Labute approximate surface area is 152 Å². The van der Waals surface area contributed by atoms with Crippen LogP contribution in [0.5, 0.6) is 0 Å². The average Bonchev–Trinajstić information content (AvgIpc) is 3.00. The van der Waals surface area contributed by atoms with E-state index in [4.69, 9.17) is 9.72 Å². The van der Waals surface area contributed by atoms with E-state index >= 15 is 0 Å². The zero-order valence-electron chi connectivity index (χ0n) is 15.3. The SMILES string of the molecule is CO[C@@H]1CN(c2nc3ccccc3cc2-c2cc(=O)cc(C)[nH]2)C[C@H]1C. The molecule has 5 nitrogen and oxygen atoms in total. The Hall–Kier alpha value is -2.66. The maximum atomic E-state index is 12.1. The van der Waals surface area contributed by atoms with Crippen LogP contribution < -0.4 is 10.3 Å². The second-order valence-corrected chi connectivity index (χ2v) is 7.12. The Morgan fingerprint density at radius 1 is 1.19 bits per heavy atom. The van der Waals surface area contributed by atoms with E-state index < -0.39 is 0 Å². The van der Waals surface area contributed by atoms with Crippen molar-refractivity contribution in [3.05, 3.63) is 58.4 Å². The molecular formula is C21H23N3O2. The van der Waals surface area contributed by atoms with Gasteiger partial charge in [0.1, 0.15) is 5.82 Å². The van der Waals surface area contributed by atoms with Crippen LogP contribution in [0.15, 0.2) is 47.3 Å². The maximum Gasteiger partial charge on any atom is 0.182 e.